The first-order valence-corrected chi connectivity index (χ1v) is 16.9. The molecule has 0 aromatic heterocycles. The molecular formula is C42H39N3O6. The van der Waals surface area contributed by atoms with Crippen molar-refractivity contribution >= 4 is 35.3 Å². The van der Waals surface area contributed by atoms with Crippen LogP contribution in [0.2, 0.25) is 0 Å². The van der Waals surface area contributed by atoms with Crippen molar-refractivity contribution in [3.8, 4) is 0 Å². The molecule has 5 aromatic rings. The second-order valence-corrected chi connectivity index (χ2v) is 12.5. The van der Waals surface area contributed by atoms with Gasteiger partial charge in [-0.15, -0.1) is 0 Å². The Morgan fingerprint density at radius 3 is 1.76 bits per heavy atom. The maximum Gasteiger partial charge on any atom is 0.338 e. The number of ether oxygens (including phenoxy) is 2. The topological polar surface area (TPSA) is 105 Å². The highest BCUT2D eigenvalue weighted by atomic mass is 16.5. The third kappa shape index (κ3) is 9.07. The van der Waals surface area contributed by atoms with Gasteiger partial charge in [0.05, 0.1) is 17.7 Å². The molecule has 0 saturated heterocycles. The molecule has 6 rings (SSSR count). The van der Waals surface area contributed by atoms with Gasteiger partial charge in [-0.25, -0.2) is 14.4 Å². The summed E-state index contributed by atoms with van der Waals surface area (Å²) in [4.78, 5) is 57.7. The van der Waals surface area contributed by atoms with Crippen LogP contribution in [0.15, 0.2) is 133 Å². The number of benzene rings is 5. The number of rotatable bonds is 9. The average molecular weight is 682 g/mol. The van der Waals surface area contributed by atoms with Gasteiger partial charge in [0.2, 0.25) is 5.91 Å². The number of urea groups is 1. The van der Waals surface area contributed by atoms with Gasteiger partial charge < -0.3 is 24.6 Å². The Bertz CT molecular complexity index is 1910. The summed E-state index contributed by atoms with van der Waals surface area (Å²) in [6, 6.07) is 39.8. The first-order chi connectivity index (χ1) is 24.8. The number of hydrogen-bond acceptors (Lipinski definition) is 6. The molecule has 258 valence electrons. The fraction of sp³-hybridized carbons (Fsp3) is 0.190. The number of carbonyl (C=O) groups is 4. The van der Waals surface area contributed by atoms with Crippen LogP contribution in [0.3, 0.4) is 0 Å². The number of hydrogen-bond donors (Lipinski definition) is 1. The summed E-state index contributed by atoms with van der Waals surface area (Å²) in [5, 5.41) is 2.84. The molecule has 9 heteroatoms. The van der Waals surface area contributed by atoms with Crippen LogP contribution in [-0.4, -0.2) is 41.9 Å². The van der Waals surface area contributed by atoms with Crippen LogP contribution in [0.25, 0.3) is 0 Å². The number of anilines is 2. The Kier molecular flexibility index (Phi) is 11.2. The van der Waals surface area contributed by atoms with Gasteiger partial charge in [-0.05, 0) is 58.9 Å². The third-order valence-corrected chi connectivity index (χ3v) is 8.77. The van der Waals surface area contributed by atoms with Crippen molar-refractivity contribution in [1.29, 1.82) is 0 Å². The van der Waals surface area contributed by atoms with Gasteiger partial charge in [0.25, 0.3) is 0 Å². The molecule has 1 aliphatic rings. The maximum absolute atomic E-state index is 14.0. The summed E-state index contributed by atoms with van der Waals surface area (Å²) in [5.41, 5.74) is 4.73. The SMILES string of the molecule is CC1CCN(C(=O)Nc2cc(C(=O)OCc3ccccc3)cc(C(=O)OCc3ccccc3)c2)CC(=O)N(Cc2ccccc2)c2ccccc21. The summed E-state index contributed by atoms with van der Waals surface area (Å²) in [7, 11) is 0. The highest BCUT2D eigenvalue weighted by molar-refractivity contribution is 6.01. The second-order valence-electron chi connectivity index (χ2n) is 12.5. The maximum atomic E-state index is 14.0. The summed E-state index contributed by atoms with van der Waals surface area (Å²) in [6.45, 7) is 2.62. The summed E-state index contributed by atoms with van der Waals surface area (Å²) in [6.07, 6.45) is 0.611. The van der Waals surface area contributed by atoms with E-state index in [1.165, 1.54) is 23.1 Å². The molecule has 1 atom stereocenters. The van der Waals surface area contributed by atoms with Crippen LogP contribution in [0.4, 0.5) is 16.2 Å². The molecule has 1 N–H and O–H groups in total. The molecule has 51 heavy (non-hydrogen) atoms. The lowest BCUT2D eigenvalue weighted by Crippen LogP contribution is -2.44. The van der Waals surface area contributed by atoms with E-state index in [0.717, 1.165) is 27.9 Å². The van der Waals surface area contributed by atoms with Crippen molar-refractivity contribution in [3.05, 3.63) is 167 Å². The number of para-hydroxylation sites is 1. The van der Waals surface area contributed by atoms with E-state index in [2.05, 4.69) is 12.2 Å². The highest BCUT2D eigenvalue weighted by Gasteiger charge is 2.28. The van der Waals surface area contributed by atoms with Gasteiger partial charge >= 0.3 is 18.0 Å². The lowest BCUT2D eigenvalue weighted by molar-refractivity contribution is -0.119. The van der Waals surface area contributed by atoms with Crippen molar-refractivity contribution in [2.24, 2.45) is 0 Å². The number of carbonyl (C=O) groups excluding carboxylic acids is 4. The smallest absolute Gasteiger partial charge is 0.338 e. The molecule has 0 fully saturated rings. The zero-order valence-electron chi connectivity index (χ0n) is 28.4. The van der Waals surface area contributed by atoms with Crippen LogP contribution in [0.5, 0.6) is 0 Å². The van der Waals surface area contributed by atoms with Gasteiger partial charge in [0.15, 0.2) is 0 Å². The molecule has 5 aromatic carbocycles. The first-order valence-electron chi connectivity index (χ1n) is 16.9. The molecule has 1 heterocycles. The third-order valence-electron chi connectivity index (χ3n) is 8.77. The van der Waals surface area contributed by atoms with Crippen molar-refractivity contribution in [2.75, 3.05) is 23.3 Å². The average Bonchev–Trinajstić information content (AvgIpc) is 3.21. The molecule has 3 amide bonds. The van der Waals surface area contributed by atoms with Gasteiger partial charge in [0.1, 0.15) is 19.8 Å². The number of esters is 2. The van der Waals surface area contributed by atoms with E-state index in [4.69, 9.17) is 9.47 Å². The second kappa shape index (κ2) is 16.5. The molecule has 0 radical (unpaired) electrons. The predicted molar refractivity (Wildman–Crippen MR) is 195 cm³/mol. The molecule has 0 aliphatic carbocycles. The quantitative estimate of drug-likeness (QED) is 0.158. The monoisotopic (exact) mass is 681 g/mol. The van der Waals surface area contributed by atoms with Gasteiger partial charge in [0, 0.05) is 17.9 Å². The van der Waals surface area contributed by atoms with Crippen LogP contribution in [0.1, 0.15) is 62.2 Å². The molecule has 0 spiro atoms. The van der Waals surface area contributed by atoms with Crippen molar-refractivity contribution < 1.29 is 28.7 Å². The number of fused-ring (bicyclic) bond motifs is 1. The fourth-order valence-corrected chi connectivity index (χ4v) is 5.98. The Labute approximate surface area is 297 Å². The Morgan fingerprint density at radius 1 is 0.686 bits per heavy atom. The van der Waals surface area contributed by atoms with Gasteiger partial charge in [-0.3, -0.25) is 4.79 Å². The van der Waals surface area contributed by atoms with Crippen LogP contribution < -0.4 is 10.2 Å². The van der Waals surface area contributed by atoms with Gasteiger partial charge in [-0.2, -0.15) is 0 Å². The standard InChI is InChI=1S/C42H39N3O6/c1-30-21-22-44(27-39(46)45(26-31-13-5-2-6-14-31)38-20-12-11-19-37(30)38)42(49)43-36-24-34(40(47)50-28-32-15-7-3-8-16-32)23-35(25-36)41(48)51-29-33-17-9-4-10-18-33/h2-20,23-25,30H,21-22,26-29H2,1H3,(H,43,49). The van der Waals surface area contributed by atoms with E-state index in [1.807, 2.05) is 115 Å². The van der Waals surface area contributed by atoms with Crippen LogP contribution in [-0.2, 0) is 34.0 Å². The van der Waals surface area contributed by atoms with Crippen molar-refractivity contribution in [2.45, 2.75) is 39.0 Å². The fourth-order valence-electron chi connectivity index (χ4n) is 5.98. The largest absolute Gasteiger partial charge is 0.457 e. The van der Waals surface area contributed by atoms with E-state index < -0.39 is 18.0 Å². The minimum Gasteiger partial charge on any atom is -0.457 e. The Balaban J connectivity index is 1.24. The molecule has 1 aliphatic heterocycles. The Hall–Kier alpha value is -6.22. The van der Waals surface area contributed by atoms with Crippen LogP contribution in [0, 0.1) is 0 Å². The van der Waals surface area contributed by atoms with Crippen LogP contribution >= 0.6 is 0 Å². The van der Waals surface area contributed by atoms with Crippen molar-refractivity contribution in [3.63, 3.8) is 0 Å². The number of nitrogens with zero attached hydrogens (tertiary/aromatic N) is 2. The summed E-state index contributed by atoms with van der Waals surface area (Å²) in [5.74, 6) is -1.53. The van der Waals surface area contributed by atoms with E-state index in [-0.39, 0.29) is 48.4 Å². The number of amides is 3. The summed E-state index contributed by atoms with van der Waals surface area (Å²) < 4.78 is 11.1. The first kappa shape index (κ1) is 34.6. The van der Waals surface area contributed by atoms with E-state index in [0.29, 0.717) is 19.5 Å². The predicted octanol–water partition coefficient (Wildman–Crippen LogP) is 7.98. The van der Waals surface area contributed by atoms with Gasteiger partial charge in [-0.1, -0.05) is 116 Å². The Morgan fingerprint density at radius 2 is 1.20 bits per heavy atom. The molecule has 1 unspecified atom stereocenters. The molecule has 0 bridgehead atoms. The normalized spacial score (nSPS) is 14.4. The minimum absolute atomic E-state index is 0.0278. The minimum atomic E-state index is -0.673. The highest BCUT2D eigenvalue weighted by Crippen LogP contribution is 2.32. The lowest BCUT2D eigenvalue weighted by Gasteiger charge is -2.27. The van der Waals surface area contributed by atoms with Crippen molar-refractivity contribution in [1.82, 2.24) is 4.90 Å². The molecule has 9 nitrogen and oxygen atoms in total. The molecular weight excluding hydrogens is 642 g/mol. The van der Waals surface area contributed by atoms with E-state index in [9.17, 15) is 19.2 Å². The summed E-state index contributed by atoms with van der Waals surface area (Å²) >= 11 is 0. The zero-order valence-corrected chi connectivity index (χ0v) is 28.4. The van der Waals surface area contributed by atoms with E-state index in [1.54, 1.807) is 4.90 Å². The number of nitrogens with one attached hydrogen (secondary N) is 1. The molecule has 0 saturated carbocycles. The van der Waals surface area contributed by atoms with E-state index >= 15 is 0 Å². The zero-order chi connectivity index (χ0) is 35.6. The lowest BCUT2D eigenvalue weighted by atomic mass is 9.95.